The van der Waals surface area contributed by atoms with Crippen LogP contribution < -0.4 is 9.47 Å². The van der Waals surface area contributed by atoms with Crippen LogP contribution in [0.25, 0.3) is 6.08 Å². The normalized spacial score (nSPS) is 15.4. The van der Waals surface area contributed by atoms with Crippen LogP contribution in [0.4, 0.5) is 5.69 Å². The lowest BCUT2D eigenvalue weighted by Gasteiger charge is -2.15. The Morgan fingerprint density at radius 2 is 1.86 bits per heavy atom. The fraction of sp³-hybridized carbons (Fsp3) is 0.179. The van der Waals surface area contributed by atoms with Gasteiger partial charge in [0.2, 0.25) is 0 Å². The number of rotatable bonds is 9. The molecule has 0 aromatic heterocycles. The molecule has 1 aliphatic heterocycles. The summed E-state index contributed by atoms with van der Waals surface area (Å²) in [6, 6.07) is 19.9. The van der Waals surface area contributed by atoms with E-state index in [0.717, 1.165) is 11.1 Å². The Hall–Kier alpha value is -3.56. The number of aromatic carboxylic acids is 1. The first-order valence-corrected chi connectivity index (χ1v) is 13.3. The Morgan fingerprint density at radius 3 is 2.57 bits per heavy atom. The summed E-state index contributed by atoms with van der Waals surface area (Å²) in [6.07, 6.45) is 1.79. The third kappa shape index (κ3) is 6.42. The van der Waals surface area contributed by atoms with Crippen LogP contribution in [0.2, 0.25) is 0 Å². The highest BCUT2D eigenvalue weighted by Gasteiger charge is 2.32. The van der Waals surface area contributed by atoms with Gasteiger partial charge in [-0.2, -0.15) is 0 Å². The number of carboxylic acid groups (broad SMARTS) is 1. The molecule has 1 heterocycles. The van der Waals surface area contributed by atoms with Gasteiger partial charge >= 0.3 is 5.97 Å². The Kier molecular flexibility index (Phi) is 8.68. The van der Waals surface area contributed by atoms with Crippen LogP contribution >= 0.6 is 27.7 Å². The molecule has 37 heavy (non-hydrogen) atoms. The van der Waals surface area contributed by atoms with E-state index < -0.39 is 5.97 Å². The summed E-state index contributed by atoms with van der Waals surface area (Å²) in [5.74, 6) is -0.0352. The van der Waals surface area contributed by atoms with Crippen molar-refractivity contribution >= 4 is 56.5 Å². The number of benzene rings is 3. The topological polar surface area (TPSA) is 88.4 Å². The fourth-order valence-corrected chi connectivity index (χ4v) is 5.28. The quantitative estimate of drug-likeness (QED) is 0.282. The van der Waals surface area contributed by atoms with Gasteiger partial charge in [-0.15, -0.1) is 0 Å². The summed E-state index contributed by atoms with van der Waals surface area (Å²) in [4.78, 5) is 31.1. The maximum atomic E-state index is 13.1. The zero-order valence-electron chi connectivity index (χ0n) is 20.3. The molecule has 9 heteroatoms. The van der Waals surface area contributed by atoms with Crippen molar-refractivity contribution in [3.8, 4) is 11.5 Å². The van der Waals surface area contributed by atoms with Crippen molar-refractivity contribution in [2.75, 3.05) is 13.2 Å². The third-order valence-corrected chi connectivity index (χ3v) is 6.97. The lowest BCUT2D eigenvalue weighted by molar-refractivity contribution is -0.122. The molecule has 7 nitrogen and oxygen atoms in total. The maximum Gasteiger partial charge on any atom is 0.335 e. The number of amidine groups is 1. The van der Waals surface area contributed by atoms with E-state index in [1.807, 2.05) is 56.3 Å². The number of hydrogen-bond donors (Lipinski definition) is 1. The molecule has 1 fully saturated rings. The zero-order chi connectivity index (χ0) is 26.4. The van der Waals surface area contributed by atoms with Gasteiger partial charge in [0.05, 0.1) is 27.2 Å². The molecule has 1 N–H and O–H groups in total. The second-order valence-corrected chi connectivity index (χ2v) is 9.81. The number of hydrogen-bond acceptors (Lipinski definition) is 6. The highest BCUT2D eigenvalue weighted by Crippen LogP contribution is 2.40. The Bertz CT molecular complexity index is 1370. The number of halogens is 1. The van der Waals surface area contributed by atoms with Crippen molar-refractivity contribution in [2.45, 2.75) is 20.5 Å². The molecule has 0 aliphatic carbocycles. The first kappa shape index (κ1) is 26.5. The first-order valence-electron chi connectivity index (χ1n) is 11.7. The van der Waals surface area contributed by atoms with Gasteiger partial charge in [0.15, 0.2) is 16.7 Å². The molecule has 3 aromatic rings. The number of likely N-dealkylation sites (N-methyl/N-ethyl adjacent to an activating group) is 1. The van der Waals surface area contributed by atoms with Gasteiger partial charge in [-0.3, -0.25) is 9.69 Å². The maximum absolute atomic E-state index is 13.1. The van der Waals surface area contributed by atoms with Crippen LogP contribution in [0.1, 0.15) is 35.3 Å². The van der Waals surface area contributed by atoms with Gasteiger partial charge in [0.1, 0.15) is 6.61 Å². The van der Waals surface area contributed by atoms with E-state index in [4.69, 9.17) is 9.47 Å². The van der Waals surface area contributed by atoms with Crippen molar-refractivity contribution in [3.63, 3.8) is 0 Å². The van der Waals surface area contributed by atoms with Gasteiger partial charge < -0.3 is 14.6 Å². The lowest BCUT2D eigenvalue weighted by Crippen LogP contribution is -2.28. The van der Waals surface area contributed by atoms with E-state index >= 15 is 0 Å². The molecule has 190 valence electrons. The zero-order valence-corrected chi connectivity index (χ0v) is 22.7. The second kappa shape index (κ2) is 12.1. The largest absolute Gasteiger partial charge is 0.490 e. The number of nitrogens with zero attached hydrogens (tertiary/aromatic N) is 2. The minimum absolute atomic E-state index is 0.137. The predicted octanol–water partition coefficient (Wildman–Crippen LogP) is 6.75. The van der Waals surface area contributed by atoms with Crippen molar-refractivity contribution in [2.24, 2.45) is 4.99 Å². The summed E-state index contributed by atoms with van der Waals surface area (Å²) in [5.41, 5.74) is 2.41. The standard InChI is InChI=1S/C28H25BrN2O5S/c1-3-31-26(32)24(37-28(31)30-21-12-8-11-20(16-21)27(33)34)15-19-13-22(29)25(23(14-19)35-4-2)36-17-18-9-6-5-7-10-18/h5-16H,3-4,17H2,1-2H3,(H,33,34)/b24-15-,30-28?. The molecule has 1 aliphatic rings. The van der Waals surface area contributed by atoms with Crippen molar-refractivity contribution in [1.29, 1.82) is 0 Å². The molecular weight excluding hydrogens is 556 g/mol. The predicted molar refractivity (Wildman–Crippen MR) is 150 cm³/mol. The van der Waals surface area contributed by atoms with Crippen LogP contribution in [-0.4, -0.2) is 40.2 Å². The lowest BCUT2D eigenvalue weighted by atomic mass is 10.1. The van der Waals surface area contributed by atoms with Crippen LogP contribution in [-0.2, 0) is 11.4 Å². The van der Waals surface area contributed by atoms with Crippen molar-refractivity contribution in [1.82, 2.24) is 4.90 Å². The van der Waals surface area contributed by atoms with Crippen LogP contribution in [0.3, 0.4) is 0 Å². The second-order valence-electron chi connectivity index (χ2n) is 7.95. The number of amides is 1. The van der Waals surface area contributed by atoms with E-state index in [1.165, 1.54) is 23.9 Å². The van der Waals surface area contributed by atoms with Gasteiger partial charge in [-0.05, 0) is 89.1 Å². The number of carbonyl (C=O) groups is 2. The Balaban J connectivity index is 1.62. The van der Waals surface area contributed by atoms with Crippen LogP contribution in [0.15, 0.2) is 81.1 Å². The molecule has 0 saturated carbocycles. The minimum Gasteiger partial charge on any atom is -0.490 e. The summed E-state index contributed by atoms with van der Waals surface area (Å²) in [6.45, 7) is 5.05. The summed E-state index contributed by atoms with van der Waals surface area (Å²) < 4.78 is 12.6. The van der Waals surface area contributed by atoms with Crippen molar-refractivity contribution < 1.29 is 24.2 Å². The SMILES string of the molecule is CCOc1cc(/C=C2\SC(=Nc3cccc(C(=O)O)c3)N(CC)C2=O)cc(Br)c1OCc1ccccc1. The van der Waals surface area contributed by atoms with E-state index in [-0.39, 0.29) is 11.5 Å². The number of carbonyl (C=O) groups excluding carboxylic acids is 1. The van der Waals surface area contributed by atoms with E-state index in [0.29, 0.717) is 51.5 Å². The highest BCUT2D eigenvalue weighted by atomic mass is 79.9. The number of aliphatic imine (C=N–C) groups is 1. The third-order valence-electron chi connectivity index (χ3n) is 5.38. The monoisotopic (exact) mass is 580 g/mol. The molecule has 0 bridgehead atoms. The first-order chi connectivity index (χ1) is 17.9. The molecular formula is C28H25BrN2O5S. The van der Waals surface area contributed by atoms with Crippen molar-refractivity contribution in [3.05, 3.63) is 92.8 Å². The summed E-state index contributed by atoms with van der Waals surface area (Å²) in [7, 11) is 0. The van der Waals surface area contributed by atoms with Gasteiger partial charge in [0, 0.05) is 6.54 Å². The number of carboxylic acids is 1. The van der Waals surface area contributed by atoms with E-state index in [9.17, 15) is 14.7 Å². The highest BCUT2D eigenvalue weighted by molar-refractivity contribution is 9.10. The molecule has 0 spiro atoms. The summed E-state index contributed by atoms with van der Waals surface area (Å²) in [5, 5.41) is 9.75. The van der Waals surface area contributed by atoms with E-state index in [2.05, 4.69) is 20.9 Å². The molecule has 4 rings (SSSR count). The van der Waals surface area contributed by atoms with Crippen LogP contribution in [0, 0.1) is 0 Å². The minimum atomic E-state index is -1.03. The molecule has 1 amide bonds. The summed E-state index contributed by atoms with van der Waals surface area (Å²) >= 11 is 4.84. The Morgan fingerprint density at radius 1 is 1.08 bits per heavy atom. The molecule has 0 atom stereocenters. The molecule has 0 radical (unpaired) electrons. The van der Waals surface area contributed by atoms with Crippen LogP contribution in [0.5, 0.6) is 11.5 Å². The smallest absolute Gasteiger partial charge is 0.335 e. The molecule has 1 saturated heterocycles. The van der Waals surface area contributed by atoms with Gasteiger partial charge in [0.25, 0.3) is 5.91 Å². The average Bonchev–Trinajstić information content (AvgIpc) is 3.17. The number of thioether (sulfide) groups is 1. The van der Waals surface area contributed by atoms with Gasteiger partial charge in [-0.1, -0.05) is 36.4 Å². The molecule has 0 unspecified atom stereocenters. The average molecular weight is 581 g/mol. The van der Waals surface area contributed by atoms with E-state index in [1.54, 1.807) is 23.1 Å². The fourth-order valence-electron chi connectivity index (χ4n) is 3.64. The molecule has 3 aromatic carbocycles. The Labute approximate surface area is 227 Å². The number of ether oxygens (including phenoxy) is 2. The van der Waals surface area contributed by atoms with Gasteiger partial charge in [-0.25, -0.2) is 9.79 Å².